The highest BCUT2D eigenvalue weighted by Crippen LogP contribution is 2.53. The lowest BCUT2D eigenvalue weighted by Crippen LogP contribution is -2.28. The molecule has 1 amide bonds. The van der Waals surface area contributed by atoms with Gasteiger partial charge in [-0.05, 0) is 42.7 Å². The lowest BCUT2D eigenvalue weighted by Gasteiger charge is -2.21. The molecule has 3 aliphatic rings. The fourth-order valence-corrected chi connectivity index (χ4v) is 4.03. The molecular weight excluding hydrogens is 276 g/mol. The van der Waals surface area contributed by atoms with Crippen molar-refractivity contribution in [3.05, 3.63) is 53.2 Å². The maximum Gasteiger partial charge on any atom is 0.276 e. The zero-order chi connectivity index (χ0) is 14.7. The van der Waals surface area contributed by atoms with E-state index in [9.17, 15) is 4.79 Å². The van der Waals surface area contributed by atoms with Gasteiger partial charge in [0.2, 0.25) is 0 Å². The third kappa shape index (κ3) is 1.76. The van der Waals surface area contributed by atoms with Crippen LogP contribution in [0.1, 0.15) is 65.3 Å². The van der Waals surface area contributed by atoms with E-state index in [0.717, 1.165) is 25.2 Å². The van der Waals surface area contributed by atoms with Gasteiger partial charge in [0, 0.05) is 6.42 Å². The Balaban J connectivity index is 1.43. The van der Waals surface area contributed by atoms with Crippen LogP contribution in [0.15, 0.2) is 34.9 Å². The zero-order valence-electron chi connectivity index (χ0n) is 12.4. The minimum atomic E-state index is 0.0227. The number of amides is 1. The molecule has 2 aliphatic heterocycles. The standard InChI is InChI=1S/C18H18N2O2/c21-18(14-10-22-17(19-14)9-11-5-6-11)20-15-7-8-16(20)13-4-2-1-3-12(13)15/h1-4,10-11,15-16H,5-9H2/t15-,16-/m0/s1. The lowest BCUT2D eigenvalue weighted by atomic mass is 9.92. The molecule has 0 unspecified atom stereocenters. The molecule has 2 fully saturated rings. The van der Waals surface area contributed by atoms with Gasteiger partial charge < -0.3 is 9.32 Å². The average Bonchev–Trinajstić information content (AvgIpc) is 3.00. The van der Waals surface area contributed by atoms with Gasteiger partial charge in [-0.25, -0.2) is 4.98 Å². The van der Waals surface area contributed by atoms with Crippen LogP contribution in [0.2, 0.25) is 0 Å². The Bertz CT molecular complexity index is 716. The van der Waals surface area contributed by atoms with Crippen molar-refractivity contribution in [3.8, 4) is 0 Å². The molecule has 1 saturated heterocycles. The van der Waals surface area contributed by atoms with Gasteiger partial charge in [-0.1, -0.05) is 24.3 Å². The highest BCUT2D eigenvalue weighted by atomic mass is 16.3. The van der Waals surface area contributed by atoms with Crippen molar-refractivity contribution in [2.45, 2.75) is 44.2 Å². The number of benzene rings is 1. The number of fused-ring (bicyclic) bond motifs is 5. The van der Waals surface area contributed by atoms with Crippen molar-refractivity contribution in [1.82, 2.24) is 9.88 Å². The monoisotopic (exact) mass is 294 g/mol. The first-order chi connectivity index (χ1) is 10.8. The molecule has 22 heavy (non-hydrogen) atoms. The van der Waals surface area contributed by atoms with Crippen molar-refractivity contribution in [2.24, 2.45) is 5.92 Å². The van der Waals surface area contributed by atoms with Crippen molar-refractivity contribution in [2.75, 3.05) is 0 Å². The van der Waals surface area contributed by atoms with Crippen LogP contribution < -0.4 is 0 Å². The van der Waals surface area contributed by atoms with Crippen molar-refractivity contribution >= 4 is 5.91 Å². The summed E-state index contributed by atoms with van der Waals surface area (Å²) in [6.07, 6.45) is 7.05. The number of hydrogen-bond donors (Lipinski definition) is 0. The Morgan fingerprint density at radius 3 is 2.45 bits per heavy atom. The number of hydrogen-bond acceptors (Lipinski definition) is 3. The van der Waals surface area contributed by atoms with E-state index in [-0.39, 0.29) is 18.0 Å². The molecule has 112 valence electrons. The van der Waals surface area contributed by atoms with Crippen LogP contribution in [0.4, 0.5) is 0 Å². The van der Waals surface area contributed by atoms with Gasteiger partial charge >= 0.3 is 0 Å². The Labute approximate surface area is 129 Å². The van der Waals surface area contributed by atoms with Crippen LogP contribution >= 0.6 is 0 Å². The quantitative estimate of drug-likeness (QED) is 0.868. The summed E-state index contributed by atoms with van der Waals surface area (Å²) in [5, 5.41) is 0. The van der Waals surface area contributed by atoms with E-state index in [1.54, 1.807) is 6.26 Å². The van der Waals surface area contributed by atoms with Crippen LogP contribution in [0.5, 0.6) is 0 Å². The van der Waals surface area contributed by atoms with Gasteiger partial charge in [0.05, 0.1) is 12.1 Å². The summed E-state index contributed by atoms with van der Waals surface area (Å²) in [5.41, 5.74) is 3.10. The minimum absolute atomic E-state index is 0.0227. The van der Waals surface area contributed by atoms with Crippen LogP contribution in [-0.2, 0) is 6.42 Å². The van der Waals surface area contributed by atoms with Crippen molar-refractivity contribution < 1.29 is 9.21 Å². The van der Waals surface area contributed by atoms with Gasteiger partial charge in [-0.3, -0.25) is 4.79 Å². The SMILES string of the molecule is O=C(c1coc(CC2CC2)n1)N1[C@H]2CC[C@H]1c1ccccc12. The molecule has 5 rings (SSSR count). The Kier molecular flexibility index (Phi) is 2.52. The van der Waals surface area contributed by atoms with Gasteiger partial charge in [0.1, 0.15) is 6.26 Å². The average molecular weight is 294 g/mol. The zero-order valence-corrected chi connectivity index (χ0v) is 12.4. The molecular formula is C18H18N2O2. The topological polar surface area (TPSA) is 46.3 Å². The van der Waals surface area contributed by atoms with Crippen LogP contribution in [0, 0.1) is 5.92 Å². The molecule has 0 radical (unpaired) electrons. The number of rotatable bonds is 3. The highest BCUT2D eigenvalue weighted by Gasteiger charge is 2.46. The summed E-state index contributed by atoms with van der Waals surface area (Å²) < 4.78 is 5.51. The van der Waals surface area contributed by atoms with Gasteiger partial charge in [0.25, 0.3) is 5.91 Å². The number of carbonyl (C=O) groups is 1. The van der Waals surface area contributed by atoms with Crippen LogP contribution in [0.3, 0.4) is 0 Å². The molecule has 1 aliphatic carbocycles. The van der Waals surface area contributed by atoms with E-state index in [1.165, 1.54) is 24.0 Å². The Morgan fingerprint density at radius 1 is 1.14 bits per heavy atom. The first-order valence-corrected chi connectivity index (χ1v) is 8.17. The second-order valence-electron chi connectivity index (χ2n) is 6.72. The summed E-state index contributed by atoms with van der Waals surface area (Å²) in [5.74, 6) is 1.46. The number of nitrogens with zero attached hydrogens (tertiary/aromatic N) is 2. The van der Waals surface area contributed by atoms with E-state index < -0.39 is 0 Å². The fourth-order valence-electron chi connectivity index (χ4n) is 4.03. The number of carbonyl (C=O) groups excluding carboxylic acids is 1. The van der Waals surface area contributed by atoms with E-state index in [1.807, 2.05) is 4.90 Å². The first-order valence-electron chi connectivity index (χ1n) is 8.17. The largest absolute Gasteiger partial charge is 0.448 e. The van der Waals surface area contributed by atoms with Gasteiger partial charge in [-0.15, -0.1) is 0 Å². The molecule has 0 spiro atoms. The van der Waals surface area contributed by atoms with Gasteiger partial charge in [-0.2, -0.15) is 0 Å². The maximum atomic E-state index is 12.9. The maximum absolute atomic E-state index is 12.9. The second-order valence-corrected chi connectivity index (χ2v) is 6.72. The summed E-state index contributed by atoms with van der Waals surface area (Å²) in [4.78, 5) is 19.3. The lowest BCUT2D eigenvalue weighted by molar-refractivity contribution is 0.0690. The molecule has 3 heterocycles. The third-order valence-corrected chi connectivity index (χ3v) is 5.26. The van der Waals surface area contributed by atoms with E-state index in [4.69, 9.17) is 4.42 Å². The van der Waals surface area contributed by atoms with Crippen molar-refractivity contribution in [3.63, 3.8) is 0 Å². The Hall–Kier alpha value is -2.10. The summed E-state index contributed by atoms with van der Waals surface area (Å²) in [7, 11) is 0. The Morgan fingerprint density at radius 2 is 1.82 bits per heavy atom. The predicted octanol–water partition coefficient (Wildman–Crippen LogP) is 3.66. The smallest absolute Gasteiger partial charge is 0.276 e. The van der Waals surface area contributed by atoms with Crippen LogP contribution in [-0.4, -0.2) is 15.8 Å². The molecule has 2 atom stereocenters. The molecule has 2 bridgehead atoms. The molecule has 4 nitrogen and oxygen atoms in total. The van der Waals surface area contributed by atoms with Gasteiger partial charge in [0.15, 0.2) is 11.6 Å². The van der Waals surface area contributed by atoms with E-state index in [2.05, 4.69) is 29.2 Å². The van der Waals surface area contributed by atoms with E-state index >= 15 is 0 Å². The van der Waals surface area contributed by atoms with Crippen molar-refractivity contribution in [1.29, 1.82) is 0 Å². The minimum Gasteiger partial charge on any atom is -0.448 e. The molecule has 4 heteroatoms. The fraction of sp³-hybridized carbons (Fsp3) is 0.444. The summed E-state index contributed by atoms with van der Waals surface area (Å²) >= 11 is 0. The molecule has 1 aromatic carbocycles. The predicted molar refractivity (Wildman–Crippen MR) is 80.3 cm³/mol. The molecule has 2 aromatic rings. The number of oxazole rings is 1. The first kappa shape index (κ1) is 12.4. The second kappa shape index (κ2) is 4.45. The normalized spacial score (nSPS) is 25.5. The summed E-state index contributed by atoms with van der Waals surface area (Å²) in [6, 6.07) is 8.87. The summed E-state index contributed by atoms with van der Waals surface area (Å²) in [6.45, 7) is 0. The third-order valence-electron chi connectivity index (χ3n) is 5.26. The van der Waals surface area contributed by atoms with Crippen LogP contribution in [0.25, 0.3) is 0 Å². The number of aromatic nitrogens is 1. The molecule has 0 N–H and O–H groups in total. The molecule has 1 saturated carbocycles. The van der Waals surface area contributed by atoms with E-state index in [0.29, 0.717) is 11.6 Å². The molecule has 1 aromatic heterocycles. The highest BCUT2D eigenvalue weighted by molar-refractivity contribution is 5.93.